The van der Waals surface area contributed by atoms with E-state index >= 15 is 0 Å². The van der Waals surface area contributed by atoms with Gasteiger partial charge in [-0.2, -0.15) is 0 Å². The maximum Gasteiger partial charge on any atom is 0.287 e. The van der Waals surface area contributed by atoms with Crippen molar-refractivity contribution in [3.8, 4) is 11.4 Å². The minimum absolute atomic E-state index is 0.158. The minimum atomic E-state index is -0.588. The average molecular weight is 355 g/mol. The molecule has 1 aromatic heterocycles. The Balaban J connectivity index is 1.59. The highest BCUT2D eigenvalue weighted by atomic mass is 35.5. The molecule has 2 heterocycles. The smallest absolute Gasteiger partial charge is 0.287 e. The molecule has 2 aromatic carbocycles. The van der Waals surface area contributed by atoms with Crippen LogP contribution in [0.1, 0.15) is 27.6 Å². The van der Waals surface area contributed by atoms with Crippen molar-refractivity contribution in [2.24, 2.45) is 5.73 Å². The van der Waals surface area contributed by atoms with Crippen LogP contribution < -0.4 is 10.5 Å². The molecule has 25 heavy (non-hydrogen) atoms. The van der Waals surface area contributed by atoms with Crippen LogP contribution in [-0.2, 0) is 19.4 Å². The van der Waals surface area contributed by atoms with Crippen LogP contribution in [0.25, 0.3) is 5.69 Å². The lowest BCUT2D eigenvalue weighted by Gasteiger charge is -2.19. The number of primary amides is 1. The van der Waals surface area contributed by atoms with Crippen molar-refractivity contribution >= 4 is 17.5 Å². The highest BCUT2D eigenvalue weighted by Gasteiger charge is 2.24. The fourth-order valence-corrected chi connectivity index (χ4v) is 3.08. The molecule has 0 spiro atoms. The first-order chi connectivity index (χ1) is 12.1. The van der Waals surface area contributed by atoms with E-state index in [1.165, 1.54) is 0 Å². The Morgan fingerprint density at radius 1 is 1.16 bits per heavy atom. The number of rotatable bonds is 4. The van der Waals surface area contributed by atoms with Gasteiger partial charge in [0.2, 0.25) is 5.82 Å². The van der Waals surface area contributed by atoms with Crippen LogP contribution in [0.3, 0.4) is 0 Å². The van der Waals surface area contributed by atoms with Crippen LogP contribution in [0, 0.1) is 0 Å². The predicted molar refractivity (Wildman–Crippen MR) is 93.1 cm³/mol. The molecule has 0 bridgehead atoms. The van der Waals surface area contributed by atoms with Crippen LogP contribution in [0.2, 0.25) is 5.02 Å². The number of nitrogens with zero attached hydrogens (tertiary/aromatic N) is 3. The highest BCUT2D eigenvalue weighted by molar-refractivity contribution is 6.30. The van der Waals surface area contributed by atoms with Crippen LogP contribution in [0.5, 0.6) is 5.75 Å². The largest absolute Gasteiger partial charge is 0.489 e. The van der Waals surface area contributed by atoms with Gasteiger partial charge in [-0.25, -0.2) is 0 Å². The molecule has 3 aromatic rings. The second-order valence-corrected chi connectivity index (χ2v) is 6.28. The lowest BCUT2D eigenvalue weighted by Crippen LogP contribution is -2.21. The fraction of sp³-hybridized carbons (Fsp3) is 0.167. The standard InChI is InChI=1S/C18H15ClN4O2/c19-13-4-1-11(2-5-13)10-25-14-6-7-15-12(9-14)3-8-16-21-22-18(17(20)24)23(15)16/h1-2,4-7,9H,3,8,10H2,(H2,20,24). The van der Waals surface area contributed by atoms with Gasteiger partial charge in [0.15, 0.2) is 0 Å². The Bertz CT molecular complexity index is 950. The summed E-state index contributed by atoms with van der Waals surface area (Å²) in [5, 5.41) is 8.65. The lowest BCUT2D eigenvalue weighted by molar-refractivity contribution is 0.0988. The van der Waals surface area contributed by atoms with Crippen molar-refractivity contribution in [1.82, 2.24) is 14.8 Å². The third kappa shape index (κ3) is 2.96. The first-order valence-corrected chi connectivity index (χ1v) is 8.24. The minimum Gasteiger partial charge on any atom is -0.489 e. The molecule has 6 nitrogen and oxygen atoms in total. The van der Waals surface area contributed by atoms with Crippen molar-refractivity contribution in [1.29, 1.82) is 0 Å². The van der Waals surface area contributed by atoms with Gasteiger partial charge in [-0.05, 0) is 47.9 Å². The van der Waals surface area contributed by atoms with E-state index in [-0.39, 0.29) is 5.82 Å². The number of amides is 1. The number of fused-ring (bicyclic) bond motifs is 3. The summed E-state index contributed by atoms with van der Waals surface area (Å²) in [6.45, 7) is 0.459. The maximum absolute atomic E-state index is 11.6. The second kappa shape index (κ2) is 6.22. The van der Waals surface area contributed by atoms with E-state index in [0.717, 1.165) is 34.8 Å². The zero-order chi connectivity index (χ0) is 17.4. The molecule has 0 saturated carbocycles. The molecule has 2 N–H and O–H groups in total. The number of carbonyl (C=O) groups excluding carboxylic acids is 1. The molecule has 1 aliphatic rings. The van der Waals surface area contributed by atoms with Crippen LogP contribution in [0.4, 0.5) is 0 Å². The Kier molecular flexibility index (Phi) is 3.89. The van der Waals surface area contributed by atoms with Gasteiger partial charge in [0, 0.05) is 11.4 Å². The van der Waals surface area contributed by atoms with Gasteiger partial charge in [-0.15, -0.1) is 10.2 Å². The van der Waals surface area contributed by atoms with E-state index in [2.05, 4.69) is 10.2 Å². The summed E-state index contributed by atoms with van der Waals surface area (Å²) in [4.78, 5) is 11.6. The van der Waals surface area contributed by atoms with E-state index in [1.54, 1.807) is 4.57 Å². The summed E-state index contributed by atoms with van der Waals surface area (Å²) < 4.78 is 7.60. The molecule has 0 fully saturated rings. The summed E-state index contributed by atoms with van der Waals surface area (Å²) in [5.74, 6) is 1.09. The summed E-state index contributed by atoms with van der Waals surface area (Å²) >= 11 is 5.89. The van der Waals surface area contributed by atoms with Crippen LogP contribution in [0.15, 0.2) is 42.5 Å². The number of benzene rings is 2. The van der Waals surface area contributed by atoms with Gasteiger partial charge >= 0.3 is 0 Å². The number of ether oxygens (including phenoxy) is 1. The number of aryl methyl sites for hydroxylation is 2. The molecule has 1 aliphatic heterocycles. The van der Waals surface area contributed by atoms with Crippen LogP contribution in [-0.4, -0.2) is 20.7 Å². The second-order valence-electron chi connectivity index (χ2n) is 5.85. The van der Waals surface area contributed by atoms with Gasteiger partial charge in [-0.3, -0.25) is 9.36 Å². The molecule has 126 valence electrons. The van der Waals surface area contributed by atoms with Gasteiger partial charge in [0.05, 0.1) is 5.69 Å². The van der Waals surface area contributed by atoms with E-state index in [4.69, 9.17) is 22.1 Å². The van der Waals surface area contributed by atoms with Crippen molar-refractivity contribution in [2.75, 3.05) is 0 Å². The number of aromatic nitrogens is 3. The zero-order valence-electron chi connectivity index (χ0n) is 13.3. The highest BCUT2D eigenvalue weighted by Crippen LogP contribution is 2.29. The summed E-state index contributed by atoms with van der Waals surface area (Å²) in [6.07, 6.45) is 1.51. The predicted octanol–water partition coefficient (Wildman–Crippen LogP) is 2.70. The molecule has 7 heteroatoms. The van der Waals surface area contributed by atoms with Gasteiger partial charge < -0.3 is 10.5 Å². The molecular weight excluding hydrogens is 340 g/mol. The molecule has 4 rings (SSSR count). The lowest BCUT2D eigenvalue weighted by atomic mass is 10.0. The van der Waals surface area contributed by atoms with Crippen molar-refractivity contribution in [3.63, 3.8) is 0 Å². The monoisotopic (exact) mass is 354 g/mol. The Morgan fingerprint density at radius 3 is 2.72 bits per heavy atom. The third-order valence-electron chi connectivity index (χ3n) is 4.18. The molecule has 0 radical (unpaired) electrons. The molecule has 0 atom stereocenters. The number of carbonyl (C=O) groups is 1. The number of halogens is 1. The Labute approximate surface area is 149 Å². The van der Waals surface area contributed by atoms with E-state index in [9.17, 15) is 4.79 Å². The summed E-state index contributed by atoms with van der Waals surface area (Å²) in [5.41, 5.74) is 8.38. The number of hydrogen-bond acceptors (Lipinski definition) is 4. The molecule has 0 unspecified atom stereocenters. The molecule has 1 amide bonds. The van der Waals surface area contributed by atoms with E-state index < -0.39 is 5.91 Å². The maximum atomic E-state index is 11.6. The SMILES string of the molecule is NC(=O)c1nnc2n1-c1ccc(OCc3ccc(Cl)cc3)cc1CC2. The topological polar surface area (TPSA) is 83.0 Å². The van der Waals surface area contributed by atoms with E-state index in [1.807, 2.05) is 42.5 Å². The number of hydrogen-bond donors (Lipinski definition) is 1. The summed E-state index contributed by atoms with van der Waals surface area (Å²) in [6, 6.07) is 13.3. The average Bonchev–Trinajstić information content (AvgIpc) is 3.06. The number of nitrogens with two attached hydrogens (primary N) is 1. The summed E-state index contributed by atoms with van der Waals surface area (Å²) in [7, 11) is 0. The van der Waals surface area contributed by atoms with Gasteiger partial charge in [-0.1, -0.05) is 23.7 Å². The zero-order valence-corrected chi connectivity index (χ0v) is 14.0. The normalized spacial score (nSPS) is 12.4. The Hall–Kier alpha value is -2.86. The van der Waals surface area contributed by atoms with Gasteiger partial charge in [0.25, 0.3) is 5.91 Å². The Morgan fingerprint density at radius 2 is 1.96 bits per heavy atom. The van der Waals surface area contributed by atoms with Crippen LogP contribution >= 0.6 is 11.6 Å². The first-order valence-electron chi connectivity index (χ1n) is 7.86. The fourth-order valence-electron chi connectivity index (χ4n) is 2.95. The van der Waals surface area contributed by atoms with E-state index in [0.29, 0.717) is 18.1 Å². The first kappa shape index (κ1) is 15.7. The van der Waals surface area contributed by atoms with Crippen molar-refractivity contribution < 1.29 is 9.53 Å². The van der Waals surface area contributed by atoms with Crippen molar-refractivity contribution in [2.45, 2.75) is 19.4 Å². The molecular formula is C18H15ClN4O2. The van der Waals surface area contributed by atoms with Crippen molar-refractivity contribution in [3.05, 3.63) is 70.3 Å². The third-order valence-corrected chi connectivity index (χ3v) is 4.43. The molecule has 0 saturated heterocycles. The quantitative estimate of drug-likeness (QED) is 0.780. The molecule has 0 aliphatic carbocycles. The van der Waals surface area contributed by atoms with Gasteiger partial charge in [0.1, 0.15) is 18.2 Å².